The molecule has 22 heavy (non-hydrogen) atoms. The Labute approximate surface area is 134 Å². The van der Waals surface area contributed by atoms with Gasteiger partial charge in [-0.15, -0.1) is 0 Å². The third kappa shape index (κ3) is 4.60. The van der Waals surface area contributed by atoms with Crippen LogP contribution in [0.5, 0.6) is 0 Å². The van der Waals surface area contributed by atoms with Gasteiger partial charge in [0.05, 0.1) is 6.61 Å². The van der Waals surface area contributed by atoms with Gasteiger partial charge in [-0.2, -0.15) is 0 Å². The number of nitrogens with zero attached hydrogens (tertiary/aromatic N) is 1. The van der Waals surface area contributed by atoms with Crippen LogP contribution < -0.4 is 0 Å². The normalized spacial score (nSPS) is 23.8. The Bertz CT molecular complexity index is 554. The maximum absolute atomic E-state index is 9.60. The number of hydrogen-bond donors (Lipinski definition) is 1. The highest BCUT2D eigenvalue weighted by molar-refractivity contribution is 5.35. The Morgan fingerprint density at radius 2 is 1.91 bits per heavy atom. The van der Waals surface area contributed by atoms with Gasteiger partial charge in [-0.05, 0) is 49.8 Å². The van der Waals surface area contributed by atoms with Crippen molar-refractivity contribution in [2.24, 2.45) is 0 Å². The maximum Gasteiger partial charge on any atom is 0.0685 e. The molecule has 0 atom stereocenters. The molecule has 1 aromatic rings. The minimum atomic E-state index is 0.0973. The van der Waals surface area contributed by atoms with Gasteiger partial charge >= 0.3 is 0 Å². The van der Waals surface area contributed by atoms with E-state index >= 15 is 0 Å². The van der Waals surface area contributed by atoms with Crippen molar-refractivity contribution in [1.29, 1.82) is 0 Å². The molecule has 0 aromatic heterocycles. The zero-order chi connectivity index (χ0) is 15.8. The zero-order valence-corrected chi connectivity index (χ0v) is 13.8. The van der Waals surface area contributed by atoms with Gasteiger partial charge in [-0.25, -0.2) is 0 Å². The first-order valence-corrected chi connectivity index (χ1v) is 8.15. The Morgan fingerprint density at radius 1 is 1.14 bits per heavy atom. The highest BCUT2D eigenvalue weighted by Crippen LogP contribution is 2.20. The van der Waals surface area contributed by atoms with Crippen LogP contribution in [0.2, 0.25) is 0 Å². The van der Waals surface area contributed by atoms with Crippen LogP contribution in [-0.2, 0) is 6.42 Å². The standard InChI is InChI=1S/C20H27NO/c1-17-18(2)21(15-13-19-10-6-5-7-11-19)14-9-4-3-8-12-20(17)16-22/h3,5-8,10-12,22H,4,9,13-16H2,1-2H3/b8-3+,18-17+,20-12-. The van der Waals surface area contributed by atoms with Crippen molar-refractivity contribution in [2.75, 3.05) is 19.7 Å². The predicted molar refractivity (Wildman–Crippen MR) is 93.6 cm³/mol. The summed E-state index contributed by atoms with van der Waals surface area (Å²) >= 11 is 0. The summed E-state index contributed by atoms with van der Waals surface area (Å²) in [5.41, 5.74) is 4.87. The van der Waals surface area contributed by atoms with E-state index in [-0.39, 0.29) is 6.61 Å². The van der Waals surface area contributed by atoms with E-state index in [0.29, 0.717) is 0 Å². The molecule has 1 aliphatic rings. The molecule has 118 valence electrons. The fraction of sp³-hybridized carbons (Fsp3) is 0.400. The van der Waals surface area contributed by atoms with E-state index in [1.165, 1.54) is 16.8 Å². The van der Waals surface area contributed by atoms with Crippen LogP contribution in [0, 0.1) is 0 Å². The van der Waals surface area contributed by atoms with Crippen LogP contribution in [0.1, 0.15) is 32.3 Å². The van der Waals surface area contributed by atoms with Gasteiger partial charge in [-0.3, -0.25) is 0 Å². The summed E-state index contributed by atoms with van der Waals surface area (Å²) in [5.74, 6) is 0. The topological polar surface area (TPSA) is 23.5 Å². The Hall–Kier alpha value is -1.80. The Morgan fingerprint density at radius 3 is 2.64 bits per heavy atom. The van der Waals surface area contributed by atoms with Crippen molar-refractivity contribution in [3.8, 4) is 0 Å². The summed E-state index contributed by atoms with van der Waals surface area (Å²) in [7, 11) is 0. The van der Waals surface area contributed by atoms with E-state index in [1.807, 2.05) is 6.08 Å². The molecule has 2 nitrogen and oxygen atoms in total. The minimum absolute atomic E-state index is 0.0973. The summed E-state index contributed by atoms with van der Waals surface area (Å²) in [6.07, 6.45) is 9.61. The zero-order valence-electron chi connectivity index (χ0n) is 13.8. The van der Waals surface area contributed by atoms with E-state index in [4.69, 9.17) is 0 Å². The molecule has 0 unspecified atom stereocenters. The van der Waals surface area contributed by atoms with Gasteiger partial charge < -0.3 is 10.0 Å². The average molecular weight is 297 g/mol. The van der Waals surface area contributed by atoms with Gasteiger partial charge in [0.2, 0.25) is 0 Å². The molecule has 0 fully saturated rings. The molecule has 0 aliphatic carbocycles. The lowest BCUT2D eigenvalue weighted by atomic mass is 10.0. The molecule has 0 amide bonds. The highest BCUT2D eigenvalue weighted by atomic mass is 16.3. The molecule has 1 aliphatic heterocycles. The fourth-order valence-electron chi connectivity index (χ4n) is 2.80. The van der Waals surface area contributed by atoms with Gasteiger partial charge in [0, 0.05) is 18.8 Å². The van der Waals surface area contributed by atoms with Crippen molar-refractivity contribution in [2.45, 2.75) is 33.1 Å². The molecule has 0 radical (unpaired) electrons. The quantitative estimate of drug-likeness (QED) is 0.904. The molecule has 1 heterocycles. The predicted octanol–water partition coefficient (Wildman–Crippen LogP) is 4.09. The van der Waals surface area contributed by atoms with E-state index in [9.17, 15) is 5.11 Å². The Balaban J connectivity index is 2.15. The summed E-state index contributed by atoms with van der Waals surface area (Å²) < 4.78 is 0. The third-order valence-electron chi connectivity index (χ3n) is 4.41. The van der Waals surface area contributed by atoms with E-state index < -0.39 is 0 Å². The van der Waals surface area contributed by atoms with E-state index in [1.54, 1.807) is 0 Å². The molecular weight excluding hydrogens is 270 g/mol. The van der Waals surface area contributed by atoms with Gasteiger partial charge in [-0.1, -0.05) is 48.6 Å². The number of aliphatic hydroxyl groups is 1. The number of allylic oxidation sites excluding steroid dienone is 4. The second-order valence-electron chi connectivity index (χ2n) is 5.85. The summed E-state index contributed by atoms with van der Waals surface area (Å²) in [6.45, 7) is 6.48. The van der Waals surface area contributed by atoms with Crippen LogP contribution in [0.4, 0.5) is 0 Å². The third-order valence-corrected chi connectivity index (χ3v) is 4.41. The first-order valence-electron chi connectivity index (χ1n) is 8.15. The molecule has 1 N–H and O–H groups in total. The number of rotatable bonds is 4. The molecular formula is C20H27NO. The van der Waals surface area contributed by atoms with Crippen LogP contribution in [0.25, 0.3) is 0 Å². The van der Waals surface area contributed by atoms with Crippen molar-refractivity contribution >= 4 is 0 Å². The lowest BCUT2D eigenvalue weighted by Gasteiger charge is -2.28. The lowest BCUT2D eigenvalue weighted by molar-refractivity contribution is 0.324. The maximum atomic E-state index is 9.60. The smallest absolute Gasteiger partial charge is 0.0685 e. The molecule has 0 bridgehead atoms. The lowest BCUT2D eigenvalue weighted by Crippen LogP contribution is -2.27. The molecule has 0 saturated carbocycles. The summed E-state index contributed by atoms with van der Waals surface area (Å²) in [6, 6.07) is 10.6. The molecule has 2 heteroatoms. The number of aliphatic hydroxyl groups excluding tert-OH is 1. The summed E-state index contributed by atoms with van der Waals surface area (Å²) in [4.78, 5) is 2.46. The Kier molecular flexibility index (Phi) is 6.47. The van der Waals surface area contributed by atoms with Crippen molar-refractivity contribution in [3.63, 3.8) is 0 Å². The first kappa shape index (κ1) is 16.6. The molecule has 1 aromatic carbocycles. The van der Waals surface area contributed by atoms with Crippen molar-refractivity contribution < 1.29 is 5.11 Å². The fourth-order valence-corrected chi connectivity index (χ4v) is 2.80. The molecule has 0 saturated heterocycles. The first-order chi connectivity index (χ1) is 10.7. The van der Waals surface area contributed by atoms with Crippen molar-refractivity contribution in [3.05, 3.63) is 71.0 Å². The minimum Gasteiger partial charge on any atom is -0.392 e. The van der Waals surface area contributed by atoms with Crippen molar-refractivity contribution in [1.82, 2.24) is 4.90 Å². The number of hydrogen-bond acceptors (Lipinski definition) is 2. The SMILES string of the molecule is CC1=C(/C)N(CCc2ccccc2)CCC/C=C/C=C\1CO. The molecule has 2 rings (SSSR count). The monoisotopic (exact) mass is 297 g/mol. The average Bonchev–Trinajstić information content (AvgIpc) is 2.56. The van der Waals surface area contributed by atoms with Gasteiger partial charge in [0.15, 0.2) is 0 Å². The highest BCUT2D eigenvalue weighted by Gasteiger charge is 2.11. The summed E-state index contributed by atoms with van der Waals surface area (Å²) in [5, 5.41) is 9.60. The largest absolute Gasteiger partial charge is 0.392 e. The second-order valence-corrected chi connectivity index (χ2v) is 5.85. The van der Waals surface area contributed by atoms with Gasteiger partial charge in [0.1, 0.15) is 0 Å². The molecule has 0 spiro atoms. The van der Waals surface area contributed by atoms with Crippen LogP contribution in [0.15, 0.2) is 65.4 Å². The number of benzene rings is 1. The van der Waals surface area contributed by atoms with Crippen LogP contribution >= 0.6 is 0 Å². The van der Waals surface area contributed by atoms with Crippen LogP contribution in [-0.4, -0.2) is 29.7 Å². The van der Waals surface area contributed by atoms with E-state index in [2.05, 4.69) is 61.2 Å². The van der Waals surface area contributed by atoms with Gasteiger partial charge in [0.25, 0.3) is 0 Å². The van der Waals surface area contributed by atoms with E-state index in [0.717, 1.165) is 37.9 Å². The van der Waals surface area contributed by atoms with Crippen LogP contribution in [0.3, 0.4) is 0 Å². The second kappa shape index (κ2) is 8.60.